The highest BCUT2D eigenvalue weighted by Crippen LogP contribution is 2.16. The van der Waals surface area contributed by atoms with Gasteiger partial charge in [0, 0.05) is 11.0 Å². The summed E-state index contributed by atoms with van der Waals surface area (Å²) in [5, 5.41) is 6.80. The van der Waals surface area contributed by atoms with E-state index in [1.54, 1.807) is 6.92 Å². The Labute approximate surface area is 102 Å². The molecule has 0 fully saturated rings. The molecule has 4 nitrogen and oxygen atoms in total. The number of nitrogens with one attached hydrogen (secondary N) is 1. The van der Waals surface area contributed by atoms with Crippen molar-refractivity contribution in [3.05, 3.63) is 39.6 Å². The molecule has 0 saturated heterocycles. The van der Waals surface area contributed by atoms with Crippen molar-refractivity contribution in [3.63, 3.8) is 0 Å². The fourth-order valence-corrected chi connectivity index (χ4v) is 1.87. The van der Waals surface area contributed by atoms with Gasteiger partial charge >= 0.3 is 6.01 Å². The number of benzene rings is 1. The largest absolute Gasteiger partial charge is 0.334 e. The van der Waals surface area contributed by atoms with E-state index in [9.17, 15) is 0 Å². The van der Waals surface area contributed by atoms with Gasteiger partial charge in [-0.2, -0.15) is 4.98 Å². The van der Waals surface area contributed by atoms with E-state index >= 15 is 0 Å². The average molecular weight is 282 g/mol. The molecule has 0 aliphatic rings. The Bertz CT molecular complexity index is 496. The van der Waals surface area contributed by atoms with Crippen LogP contribution in [0.5, 0.6) is 0 Å². The molecule has 5 heteroatoms. The second-order valence-electron chi connectivity index (χ2n) is 3.57. The quantitative estimate of drug-likeness (QED) is 0.940. The Balaban J connectivity index is 2.04. The van der Waals surface area contributed by atoms with Gasteiger partial charge in [-0.05, 0) is 37.1 Å². The summed E-state index contributed by atoms with van der Waals surface area (Å²) in [6.45, 7) is 4.54. The molecular weight excluding hydrogens is 270 g/mol. The lowest BCUT2D eigenvalue weighted by atomic mass is 10.1. The first-order chi connectivity index (χ1) is 7.65. The lowest BCUT2D eigenvalue weighted by Gasteiger charge is -2.05. The van der Waals surface area contributed by atoms with Crippen molar-refractivity contribution < 1.29 is 4.52 Å². The maximum atomic E-state index is 4.97. The van der Waals surface area contributed by atoms with Crippen LogP contribution in [0.3, 0.4) is 0 Å². The highest BCUT2D eigenvalue weighted by atomic mass is 79.9. The average Bonchev–Trinajstić information content (AvgIpc) is 2.63. The smallest absolute Gasteiger partial charge is 0.321 e. The summed E-state index contributed by atoms with van der Waals surface area (Å²) in [6.07, 6.45) is 0. The predicted molar refractivity (Wildman–Crippen MR) is 65.2 cm³/mol. The van der Waals surface area contributed by atoms with E-state index in [1.807, 2.05) is 6.07 Å². The first-order valence-corrected chi connectivity index (χ1v) is 5.73. The maximum Gasteiger partial charge on any atom is 0.321 e. The van der Waals surface area contributed by atoms with Crippen LogP contribution in [-0.2, 0) is 6.54 Å². The number of aryl methyl sites for hydroxylation is 2. The molecule has 1 aromatic heterocycles. The normalized spacial score (nSPS) is 10.4. The number of aromatic nitrogens is 2. The molecule has 0 aliphatic heterocycles. The van der Waals surface area contributed by atoms with E-state index in [2.05, 4.69) is 50.4 Å². The molecule has 0 unspecified atom stereocenters. The lowest BCUT2D eigenvalue weighted by Crippen LogP contribution is -2.01. The molecule has 0 bridgehead atoms. The van der Waals surface area contributed by atoms with Gasteiger partial charge in [0.05, 0.1) is 0 Å². The van der Waals surface area contributed by atoms with Gasteiger partial charge in [0.2, 0.25) is 0 Å². The van der Waals surface area contributed by atoms with Gasteiger partial charge in [0.25, 0.3) is 0 Å². The van der Waals surface area contributed by atoms with E-state index in [0.717, 1.165) is 4.47 Å². The topological polar surface area (TPSA) is 51.0 Å². The molecule has 0 aliphatic carbocycles. The highest BCUT2D eigenvalue weighted by Gasteiger charge is 2.03. The lowest BCUT2D eigenvalue weighted by molar-refractivity contribution is 0.425. The Hall–Kier alpha value is -1.36. The van der Waals surface area contributed by atoms with Gasteiger partial charge in [0.1, 0.15) is 0 Å². The van der Waals surface area contributed by atoms with Crippen molar-refractivity contribution >= 4 is 21.9 Å². The Morgan fingerprint density at radius 2 is 2.19 bits per heavy atom. The third-order valence-electron chi connectivity index (χ3n) is 2.26. The van der Waals surface area contributed by atoms with Crippen LogP contribution < -0.4 is 5.32 Å². The van der Waals surface area contributed by atoms with Crippen molar-refractivity contribution in [2.24, 2.45) is 0 Å². The fraction of sp³-hybridized carbons (Fsp3) is 0.273. The molecular formula is C11H12BrN3O. The number of nitrogens with zero attached hydrogens (tertiary/aromatic N) is 2. The van der Waals surface area contributed by atoms with Gasteiger partial charge in [-0.25, -0.2) is 0 Å². The number of halogens is 1. The number of hydrogen-bond acceptors (Lipinski definition) is 4. The molecule has 16 heavy (non-hydrogen) atoms. The van der Waals surface area contributed by atoms with Crippen molar-refractivity contribution in [3.8, 4) is 0 Å². The molecule has 0 atom stereocenters. The number of anilines is 1. The Morgan fingerprint density at radius 1 is 1.38 bits per heavy atom. The highest BCUT2D eigenvalue weighted by molar-refractivity contribution is 9.10. The molecule has 84 valence electrons. The summed E-state index contributed by atoms with van der Waals surface area (Å²) in [4.78, 5) is 4.07. The van der Waals surface area contributed by atoms with E-state index in [-0.39, 0.29) is 0 Å². The van der Waals surface area contributed by atoms with Crippen LogP contribution in [0.2, 0.25) is 0 Å². The zero-order chi connectivity index (χ0) is 11.5. The number of hydrogen-bond donors (Lipinski definition) is 1. The third-order valence-corrected chi connectivity index (χ3v) is 2.76. The zero-order valence-electron chi connectivity index (χ0n) is 9.12. The Morgan fingerprint density at radius 3 is 2.81 bits per heavy atom. The summed E-state index contributed by atoms with van der Waals surface area (Å²) < 4.78 is 6.05. The van der Waals surface area contributed by atoms with Gasteiger partial charge < -0.3 is 9.84 Å². The molecule has 1 aromatic carbocycles. The third kappa shape index (κ3) is 2.61. The van der Waals surface area contributed by atoms with E-state index in [0.29, 0.717) is 18.4 Å². The second-order valence-corrected chi connectivity index (χ2v) is 4.49. The van der Waals surface area contributed by atoms with E-state index in [1.165, 1.54) is 11.1 Å². The van der Waals surface area contributed by atoms with Crippen LogP contribution in [0.25, 0.3) is 0 Å². The van der Waals surface area contributed by atoms with Crippen LogP contribution in [0, 0.1) is 13.8 Å². The molecule has 0 amide bonds. The van der Waals surface area contributed by atoms with Crippen LogP contribution >= 0.6 is 15.9 Å². The monoisotopic (exact) mass is 281 g/mol. The summed E-state index contributed by atoms with van der Waals surface area (Å²) in [5.41, 5.74) is 2.43. The standard InChI is InChI=1S/C11H12BrN3O/c1-7-5-10(12)4-3-9(7)6-13-11-14-8(2)15-16-11/h3-5H,6H2,1-2H3,(H,13,14,15). The Kier molecular flexibility index (Phi) is 3.24. The molecule has 0 spiro atoms. The second kappa shape index (κ2) is 4.65. The molecule has 2 aromatic rings. The summed E-state index contributed by atoms with van der Waals surface area (Å²) in [5.74, 6) is 0.634. The molecule has 0 radical (unpaired) electrons. The van der Waals surface area contributed by atoms with Gasteiger partial charge in [0.15, 0.2) is 5.82 Å². The van der Waals surface area contributed by atoms with Crippen LogP contribution in [0.1, 0.15) is 17.0 Å². The first kappa shape index (κ1) is 11.1. The molecule has 2 rings (SSSR count). The first-order valence-electron chi connectivity index (χ1n) is 4.94. The van der Waals surface area contributed by atoms with Crippen molar-refractivity contribution in [1.29, 1.82) is 0 Å². The molecule has 1 heterocycles. The SMILES string of the molecule is Cc1noc(NCc2ccc(Br)cc2C)n1. The molecule has 1 N–H and O–H groups in total. The van der Waals surface area contributed by atoms with Crippen molar-refractivity contribution in [2.75, 3.05) is 5.32 Å². The number of rotatable bonds is 3. The summed E-state index contributed by atoms with van der Waals surface area (Å²) >= 11 is 3.43. The predicted octanol–water partition coefficient (Wildman–Crippen LogP) is 3.06. The maximum absolute atomic E-state index is 4.97. The summed E-state index contributed by atoms with van der Waals surface area (Å²) in [6, 6.07) is 6.62. The van der Waals surface area contributed by atoms with Crippen molar-refractivity contribution in [2.45, 2.75) is 20.4 Å². The van der Waals surface area contributed by atoms with E-state index < -0.39 is 0 Å². The summed E-state index contributed by atoms with van der Waals surface area (Å²) in [7, 11) is 0. The minimum Gasteiger partial charge on any atom is -0.334 e. The minimum absolute atomic E-state index is 0.458. The van der Waals surface area contributed by atoms with Gasteiger partial charge in [-0.1, -0.05) is 27.2 Å². The van der Waals surface area contributed by atoms with E-state index in [4.69, 9.17) is 4.52 Å². The van der Waals surface area contributed by atoms with Crippen LogP contribution in [-0.4, -0.2) is 10.1 Å². The van der Waals surface area contributed by atoms with Crippen LogP contribution in [0.4, 0.5) is 6.01 Å². The van der Waals surface area contributed by atoms with Crippen molar-refractivity contribution in [1.82, 2.24) is 10.1 Å². The fourth-order valence-electron chi connectivity index (χ4n) is 1.40. The zero-order valence-corrected chi connectivity index (χ0v) is 10.7. The minimum atomic E-state index is 0.458. The van der Waals surface area contributed by atoms with Gasteiger partial charge in [-0.15, -0.1) is 0 Å². The van der Waals surface area contributed by atoms with Crippen LogP contribution in [0.15, 0.2) is 27.2 Å². The van der Waals surface area contributed by atoms with Gasteiger partial charge in [-0.3, -0.25) is 0 Å². The molecule has 0 saturated carbocycles.